The maximum absolute atomic E-state index is 5.97. The van der Waals surface area contributed by atoms with Gasteiger partial charge in [0.1, 0.15) is 0 Å². The molecule has 0 radical (unpaired) electrons. The van der Waals surface area contributed by atoms with Crippen LogP contribution in [0.2, 0.25) is 5.02 Å². The van der Waals surface area contributed by atoms with Gasteiger partial charge < -0.3 is 5.32 Å². The summed E-state index contributed by atoms with van der Waals surface area (Å²) in [5.74, 6) is 0. The first-order valence-corrected chi connectivity index (χ1v) is 6.17. The normalized spacial score (nSPS) is 12.4. The van der Waals surface area contributed by atoms with Crippen molar-refractivity contribution < 1.29 is 0 Å². The minimum atomic E-state index is 0.403. The van der Waals surface area contributed by atoms with Crippen LogP contribution >= 0.6 is 11.6 Å². The molecule has 1 atom stereocenters. The second-order valence-electron chi connectivity index (χ2n) is 3.98. The molecule has 0 bridgehead atoms. The largest absolute Gasteiger partial charge is 0.310 e. The summed E-state index contributed by atoms with van der Waals surface area (Å²) in [6.45, 7) is 8.99. The smallest absolute Gasteiger partial charge is 0.0408 e. The standard InChI is InChI=1S/C14H20ClN/c1-4-6-7-14(16-5-2)13-9-8-12(15)10-11(13)3/h4,8-10,14,16H,1,5-7H2,2-3H3. The summed E-state index contributed by atoms with van der Waals surface area (Å²) in [6.07, 6.45) is 4.08. The molecule has 0 saturated carbocycles. The van der Waals surface area contributed by atoms with E-state index in [0.29, 0.717) is 6.04 Å². The van der Waals surface area contributed by atoms with Crippen molar-refractivity contribution in [2.24, 2.45) is 0 Å². The van der Waals surface area contributed by atoms with Gasteiger partial charge in [-0.05, 0) is 49.6 Å². The Kier molecular flexibility index (Phi) is 5.58. The van der Waals surface area contributed by atoms with Gasteiger partial charge in [-0.25, -0.2) is 0 Å². The Labute approximate surface area is 104 Å². The van der Waals surface area contributed by atoms with Gasteiger partial charge in [-0.1, -0.05) is 30.7 Å². The lowest BCUT2D eigenvalue weighted by Crippen LogP contribution is -2.21. The highest BCUT2D eigenvalue weighted by molar-refractivity contribution is 6.30. The summed E-state index contributed by atoms with van der Waals surface area (Å²) in [6, 6.07) is 6.51. The fraction of sp³-hybridized carbons (Fsp3) is 0.429. The maximum Gasteiger partial charge on any atom is 0.0408 e. The third-order valence-corrected chi connectivity index (χ3v) is 2.95. The molecule has 16 heavy (non-hydrogen) atoms. The van der Waals surface area contributed by atoms with E-state index in [1.54, 1.807) is 0 Å². The molecule has 1 aromatic rings. The molecule has 0 aliphatic heterocycles. The number of benzene rings is 1. The Bertz CT molecular complexity index is 347. The van der Waals surface area contributed by atoms with Crippen LogP contribution in [0.3, 0.4) is 0 Å². The summed E-state index contributed by atoms with van der Waals surface area (Å²) < 4.78 is 0. The average molecular weight is 238 g/mol. The van der Waals surface area contributed by atoms with Crippen molar-refractivity contribution in [2.75, 3.05) is 6.54 Å². The van der Waals surface area contributed by atoms with Crippen LogP contribution in [0, 0.1) is 6.92 Å². The van der Waals surface area contributed by atoms with Crippen molar-refractivity contribution in [3.8, 4) is 0 Å². The lowest BCUT2D eigenvalue weighted by Gasteiger charge is -2.20. The Balaban J connectivity index is 2.86. The van der Waals surface area contributed by atoms with E-state index in [0.717, 1.165) is 24.4 Å². The highest BCUT2D eigenvalue weighted by Gasteiger charge is 2.11. The summed E-state index contributed by atoms with van der Waals surface area (Å²) in [5.41, 5.74) is 2.59. The first kappa shape index (κ1) is 13.3. The summed E-state index contributed by atoms with van der Waals surface area (Å²) in [7, 11) is 0. The Morgan fingerprint density at radius 2 is 2.25 bits per heavy atom. The van der Waals surface area contributed by atoms with E-state index in [1.165, 1.54) is 11.1 Å². The molecule has 0 aromatic heterocycles. The second kappa shape index (κ2) is 6.72. The van der Waals surface area contributed by atoms with Crippen LogP contribution in [-0.2, 0) is 0 Å². The highest BCUT2D eigenvalue weighted by Crippen LogP contribution is 2.24. The number of nitrogens with one attached hydrogen (secondary N) is 1. The highest BCUT2D eigenvalue weighted by atomic mass is 35.5. The molecule has 0 heterocycles. The summed E-state index contributed by atoms with van der Waals surface area (Å²) in [5, 5.41) is 4.31. The van der Waals surface area contributed by atoms with Crippen LogP contribution in [0.5, 0.6) is 0 Å². The van der Waals surface area contributed by atoms with E-state index < -0.39 is 0 Å². The number of allylic oxidation sites excluding steroid dienone is 1. The van der Waals surface area contributed by atoms with Crippen molar-refractivity contribution in [1.82, 2.24) is 5.32 Å². The quantitative estimate of drug-likeness (QED) is 0.729. The fourth-order valence-electron chi connectivity index (χ4n) is 1.93. The van der Waals surface area contributed by atoms with Crippen molar-refractivity contribution >= 4 is 11.6 Å². The van der Waals surface area contributed by atoms with Crippen molar-refractivity contribution in [3.05, 3.63) is 47.0 Å². The summed E-state index contributed by atoms with van der Waals surface area (Å²) >= 11 is 5.97. The van der Waals surface area contributed by atoms with Crippen molar-refractivity contribution in [2.45, 2.75) is 32.7 Å². The van der Waals surface area contributed by atoms with Gasteiger partial charge in [0, 0.05) is 11.1 Å². The topological polar surface area (TPSA) is 12.0 Å². The average Bonchev–Trinajstić information content (AvgIpc) is 2.25. The number of hydrogen-bond donors (Lipinski definition) is 1. The van der Waals surface area contributed by atoms with Crippen molar-refractivity contribution in [1.29, 1.82) is 0 Å². The molecule has 1 N–H and O–H groups in total. The minimum Gasteiger partial charge on any atom is -0.310 e. The van der Waals surface area contributed by atoms with Crippen LogP contribution in [0.4, 0.5) is 0 Å². The Morgan fingerprint density at radius 3 is 2.81 bits per heavy atom. The van der Waals surface area contributed by atoms with Gasteiger partial charge in [0.2, 0.25) is 0 Å². The van der Waals surface area contributed by atoms with Crippen LogP contribution in [0.25, 0.3) is 0 Å². The molecule has 0 spiro atoms. The van der Waals surface area contributed by atoms with Crippen LogP contribution in [0.15, 0.2) is 30.9 Å². The Hall–Kier alpha value is -0.790. The molecule has 0 fully saturated rings. The van der Waals surface area contributed by atoms with Gasteiger partial charge in [0.25, 0.3) is 0 Å². The summed E-state index contributed by atoms with van der Waals surface area (Å²) in [4.78, 5) is 0. The molecule has 0 amide bonds. The van der Waals surface area contributed by atoms with Gasteiger partial charge in [-0.3, -0.25) is 0 Å². The van der Waals surface area contributed by atoms with Gasteiger partial charge in [-0.15, -0.1) is 6.58 Å². The van der Waals surface area contributed by atoms with E-state index >= 15 is 0 Å². The van der Waals surface area contributed by atoms with Gasteiger partial charge in [-0.2, -0.15) is 0 Å². The van der Waals surface area contributed by atoms with E-state index in [2.05, 4.69) is 31.8 Å². The molecule has 0 aliphatic rings. The van der Waals surface area contributed by atoms with Gasteiger partial charge >= 0.3 is 0 Å². The molecule has 1 unspecified atom stereocenters. The lowest BCUT2D eigenvalue weighted by molar-refractivity contribution is 0.517. The van der Waals surface area contributed by atoms with Crippen LogP contribution in [0.1, 0.15) is 36.9 Å². The zero-order valence-electron chi connectivity index (χ0n) is 10.1. The SMILES string of the molecule is C=CCCC(NCC)c1ccc(Cl)cc1C. The third kappa shape index (κ3) is 3.66. The van der Waals surface area contributed by atoms with E-state index in [4.69, 9.17) is 11.6 Å². The van der Waals surface area contributed by atoms with E-state index in [-0.39, 0.29) is 0 Å². The zero-order chi connectivity index (χ0) is 12.0. The predicted molar refractivity (Wildman–Crippen MR) is 72.0 cm³/mol. The lowest BCUT2D eigenvalue weighted by atomic mass is 9.97. The first-order valence-electron chi connectivity index (χ1n) is 5.79. The maximum atomic E-state index is 5.97. The number of hydrogen-bond acceptors (Lipinski definition) is 1. The van der Waals surface area contributed by atoms with E-state index in [1.807, 2.05) is 18.2 Å². The fourth-order valence-corrected chi connectivity index (χ4v) is 2.16. The monoisotopic (exact) mass is 237 g/mol. The van der Waals surface area contributed by atoms with Gasteiger partial charge in [0.05, 0.1) is 0 Å². The van der Waals surface area contributed by atoms with Crippen LogP contribution in [-0.4, -0.2) is 6.54 Å². The molecule has 0 aliphatic carbocycles. The Morgan fingerprint density at radius 1 is 1.50 bits per heavy atom. The molecule has 1 nitrogen and oxygen atoms in total. The molecule has 2 heteroatoms. The molecule has 88 valence electrons. The number of rotatable bonds is 6. The third-order valence-electron chi connectivity index (χ3n) is 2.72. The zero-order valence-corrected chi connectivity index (χ0v) is 10.8. The molecule has 1 rings (SSSR count). The number of aryl methyl sites for hydroxylation is 1. The first-order chi connectivity index (χ1) is 7.69. The predicted octanol–water partition coefficient (Wildman–Crippen LogP) is 4.27. The van der Waals surface area contributed by atoms with Gasteiger partial charge in [0.15, 0.2) is 0 Å². The molecule has 1 aromatic carbocycles. The molecular formula is C14H20ClN. The second-order valence-corrected chi connectivity index (χ2v) is 4.41. The van der Waals surface area contributed by atoms with E-state index in [9.17, 15) is 0 Å². The molecule has 0 saturated heterocycles. The number of halogens is 1. The van der Waals surface area contributed by atoms with Crippen LogP contribution < -0.4 is 5.32 Å². The molecular weight excluding hydrogens is 218 g/mol. The van der Waals surface area contributed by atoms with Crippen molar-refractivity contribution in [3.63, 3.8) is 0 Å². The minimum absolute atomic E-state index is 0.403.